The van der Waals surface area contributed by atoms with E-state index in [1.165, 1.54) is 18.3 Å². The van der Waals surface area contributed by atoms with Crippen LogP contribution in [-0.2, 0) is 6.18 Å². The SMILES string of the molecule is Nc1ncc(-c2ccc(C(F)(F)F)cc2)nc1C(=O)c1ccccc1. The second kappa shape index (κ2) is 6.35. The van der Waals surface area contributed by atoms with Crippen molar-refractivity contribution in [1.82, 2.24) is 9.97 Å². The molecule has 0 spiro atoms. The van der Waals surface area contributed by atoms with E-state index in [0.29, 0.717) is 11.1 Å². The van der Waals surface area contributed by atoms with Gasteiger partial charge < -0.3 is 5.73 Å². The number of alkyl halides is 3. The minimum absolute atomic E-state index is 0.0375. The molecule has 0 amide bonds. The van der Waals surface area contributed by atoms with E-state index in [4.69, 9.17) is 5.73 Å². The quantitative estimate of drug-likeness (QED) is 0.731. The van der Waals surface area contributed by atoms with Crippen molar-refractivity contribution in [2.75, 3.05) is 5.73 Å². The van der Waals surface area contributed by atoms with Gasteiger partial charge in [-0.1, -0.05) is 42.5 Å². The molecule has 126 valence electrons. The van der Waals surface area contributed by atoms with Crippen LogP contribution in [0.1, 0.15) is 21.6 Å². The first-order chi connectivity index (χ1) is 11.9. The summed E-state index contributed by atoms with van der Waals surface area (Å²) in [5, 5.41) is 0. The van der Waals surface area contributed by atoms with Gasteiger partial charge in [-0.2, -0.15) is 13.2 Å². The minimum atomic E-state index is -4.42. The number of anilines is 1. The lowest BCUT2D eigenvalue weighted by Crippen LogP contribution is -2.10. The summed E-state index contributed by atoms with van der Waals surface area (Å²) in [4.78, 5) is 20.6. The maximum absolute atomic E-state index is 12.6. The van der Waals surface area contributed by atoms with Crippen molar-refractivity contribution >= 4 is 11.6 Å². The van der Waals surface area contributed by atoms with E-state index < -0.39 is 17.5 Å². The summed E-state index contributed by atoms with van der Waals surface area (Å²) in [5.41, 5.74) is 6.01. The Morgan fingerprint density at radius 1 is 0.960 bits per heavy atom. The monoisotopic (exact) mass is 343 g/mol. The minimum Gasteiger partial charge on any atom is -0.382 e. The first-order valence-corrected chi connectivity index (χ1v) is 7.26. The summed E-state index contributed by atoms with van der Waals surface area (Å²) in [5.74, 6) is -0.441. The molecule has 0 aliphatic carbocycles. The van der Waals surface area contributed by atoms with Gasteiger partial charge in [0.2, 0.25) is 5.78 Å². The summed E-state index contributed by atoms with van der Waals surface area (Å²) in [6, 6.07) is 12.9. The topological polar surface area (TPSA) is 68.9 Å². The number of aromatic nitrogens is 2. The Bertz CT molecular complexity index is 907. The van der Waals surface area contributed by atoms with Crippen molar-refractivity contribution in [2.45, 2.75) is 6.18 Å². The standard InChI is InChI=1S/C18H12F3N3O/c19-18(20,21)13-8-6-11(7-9-13)14-10-23-17(22)15(24-14)16(25)12-4-2-1-3-5-12/h1-10H,(H2,22,23). The number of halogens is 3. The largest absolute Gasteiger partial charge is 0.416 e. The van der Waals surface area contributed by atoms with E-state index in [0.717, 1.165) is 12.1 Å². The van der Waals surface area contributed by atoms with Crippen LogP contribution in [0.25, 0.3) is 11.3 Å². The number of carbonyl (C=O) groups is 1. The number of nitrogens with two attached hydrogens (primary N) is 1. The lowest BCUT2D eigenvalue weighted by atomic mass is 10.1. The summed E-state index contributed by atoms with van der Waals surface area (Å²) < 4.78 is 37.9. The number of hydrogen-bond acceptors (Lipinski definition) is 4. The van der Waals surface area contributed by atoms with Gasteiger partial charge in [-0.3, -0.25) is 4.79 Å². The summed E-state index contributed by atoms with van der Waals surface area (Å²) in [6.45, 7) is 0. The molecule has 3 rings (SSSR count). The molecule has 7 heteroatoms. The van der Waals surface area contributed by atoms with Crippen LogP contribution in [0, 0.1) is 0 Å². The molecule has 0 saturated carbocycles. The third kappa shape index (κ3) is 3.50. The fraction of sp³-hybridized carbons (Fsp3) is 0.0556. The van der Waals surface area contributed by atoms with Crippen LogP contribution in [-0.4, -0.2) is 15.8 Å². The predicted octanol–water partition coefficient (Wildman–Crippen LogP) is 3.98. The first-order valence-electron chi connectivity index (χ1n) is 7.26. The number of ketones is 1. The van der Waals surface area contributed by atoms with Gasteiger partial charge >= 0.3 is 6.18 Å². The molecule has 3 aromatic rings. The summed E-state index contributed by atoms with van der Waals surface area (Å²) >= 11 is 0. The molecular weight excluding hydrogens is 331 g/mol. The molecule has 4 nitrogen and oxygen atoms in total. The highest BCUT2D eigenvalue weighted by Crippen LogP contribution is 2.30. The average molecular weight is 343 g/mol. The smallest absolute Gasteiger partial charge is 0.382 e. The molecule has 2 aromatic carbocycles. The fourth-order valence-electron chi connectivity index (χ4n) is 2.26. The molecular formula is C18H12F3N3O. The third-order valence-corrected chi connectivity index (χ3v) is 3.56. The Labute approximate surface area is 141 Å². The Kier molecular flexibility index (Phi) is 4.22. The maximum atomic E-state index is 12.6. The van der Waals surface area contributed by atoms with Crippen LogP contribution in [0.3, 0.4) is 0 Å². The van der Waals surface area contributed by atoms with Crippen molar-refractivity contribution in [2.24, 2.45) is 0 Å². The fourth-order valence-corrected chi connectivity index (χ4v) is 2.26. The molecule has 0 aliphatic heterocycles. The van der Waals surface area contributed by atoms with Crippen LogP contribution in [0.4, 0.5) is 19.0 Å². The van der Waals surface area contributed by atoms with Gasteiger partial charge in [0.05, 0.1) is 17.5 Å². The molecule has 0 radical (unpaired) electrons. The summed E-state index contributed by atoms with van der Waals surface area (Å²) in [7, 11) is 0. The highest BCUT2D eigenvalue weighted by Gasteiger charge is 2.30. The van der Waals surface area contributed by atoms with Gasteiger partial charge in [-0.05, 0) is 12.1 Å². The molecule has 0 aliphatic rings. The highest BCUT2D eigenvalue weighted by molar-refractivity contribution is 6.10. The van der Waals surface area contributed by atoms with Gasteiger partial charge in [0.25, 0.3) is 0 Å². The first kappa shape index (κ1) is 16.6. The highest BCUT2D eigenvalue weighted by atomic mass is 19.4. The van der Waals surface area contributed by atoms with Crippen LogP contribution >= 0.6 is 0 Å². The zero-order valence-corrected chi connectivity index (χ0v) is 12.8. The maximum Gasteiger partial charge on any atom is 0.416 e. The van der Waals surface area contributed by atoms with E-state index >= 15 is 0 Å². The van der Waals surface area contributed by atoms with E-state index in [1.807, 2.05) is 0 Å². The number of nitrogen functional groups attached to an aromatic ring is 1. The van der Waals surface area contributed by atoms with E-state index in [-0.39, 0.29) is 17.2 Å². The van der Waals surface area contributed by atoms with Crippen LogP contribution in [0.15, 0.2) is 60.8 Å². The molecule has 0 bridgehead atoms. The predicted molar refractivity (Wildman–Crippen MR) is 86.8 cm³/mol. The zero-order chi connectivity index (χ0) is 18.0. The zero-order valence-electron chi connectivity index (χ0n) is 12.8. The Morgan fingerprint density at radius 2 is 1.60 bits per heavy atom. The molecule has 2 N–H and O–H groups in total. The normalized spacial score (nSPS) is 11.3. The Morgan fingerprint density at radius 3 is 2.20 bits per heavy atom. The number of benzene rings is 2. The van der Waals surface area contributed by atoms with E-state index in [1.54, 1.807) is 30.3 Å². The number of nitrogens with zero attached hydrogens (tertiary/aromatic N) is 2. The molecule has 25 heavy (non-hydrogen) atoms. The van der Waals surface area contributed by atoms with Crippen molar-refractivity contribution < 1.29 is 18.0 Å². The second-order valence-corrected chi connectivity index (χ2v) is 5.26. The van der Waals surface area contributed by atoms with Gasteiger partial charge in [-0.15, -0.1) is 0 Å². The van der Waals surface area contributed by atoms with Gasteiger partial charge in [0.1, 0.15) is 0 Å². The van der Waals surface area contributed by atoms with Crippen molar-refractivity contribution in [3.05, 3.63) is 77.6 Å². The second-order valence-electron chi connectivity index (χ2n) is 5.26. The van der Waals surface area contributed by atoms with Crippen molar-refractivity contribution in [3.63, 3.8) is 0 Å². The van der Waals surface area contributed by atoms with Crippen LogP contribution in [0.2, 0.25) is 0 Å². The molecule has 1 heterocycles. The molecule has 0 unspecified atom stereocenters. The van der Waals surface area contributed by atoms with Gasteiger partial charge in [0, 0.05) is 11.1 Å². The molecule has 0 atom stereocenters. The number of rotatable bonds is 3. The van der Waals surface area contributed by atoms with E-state index in [9.17, 15) is 18.0 Å². The Hall–Kier alpha value is -3.22. The Balaban J connectivity index is 1.98. The van der Waals surface area contributed by atoms with Crippen molar-refractivity contribution in [3.8, 4) is 11.3 Å². The summed E-state index contributed by atoms with van der Waals surface area (Å²) in [6.07, 6.45) is -3.10. The van der Waals surface area contributed by atoms with E-state index in [2.05, 4.69) is 9.97 Å². The average Bonchev–Trinajstić information content (AvgIpc) is 2.62. The molecule has 0 fully saturated rings. The number of carbonyl (C=O) groups excluding carboxylic acids is 1. The van der Waals surface area contributed by atoms with Crippen LogP contribution in [0.5, 0.6) is 0 Å². The molecule has 0 saturated heterocycles. The van der Waals surface area contributed by atoms with Crippen LogP contribution < -0.4 is 5.73 Å². The lowest BCUT2D eigenvalue weighted by molar-refractivity contribution is -0.137. The van der Waals surface area contributed by atoms with Gasteiger partial charge in [-0.25, -0.2) is 9.97 Å². The van der Waals surface area contributed by atoms with Crippen molar-refractivity contribution in [1.29, 1.82) is 0 Å². The lowest BCUT2D eigenvalue weighted by Gasteiger charge is -2.09. The van der Waals surface area contributed by atoms with Gasteiger partial charge in [0.15, 0.2) is 11.5 Å². The number of hydrogen-bond donors (Lipinski definition) is 1. The molecule has 1 aromatic heterocycles. The third-order valence-electron chi connectivity index (χ3n) is 3.56.